The number of hydrogen-bond donors (Lipinski definition) is 4. The number of carboxylic acid groups (broad SMARTS) is 1. The highest BCUT2D eigenvalue weighted by Crippen LogP contribution is 2.51. The number of aromatic nitrogens is 2. The third-order valence-electron chi connectivity index (χ3n) is 6.35. The molecule has 0 bridgehead atoms. The van der Waals surface area contributed by atoms with Crippen molar-refractivity contribution in [2.45, 2.75) is 57.2 Å². The summed E-state index contributed by atoms with van der Waals surface area (Å²) in [6.45, 7) is 5.64. The van der Waals surface area contributed by atoms with Gasteiger partial charge in [-0.2, -0.15) is 4.98 Å². The van der Waals surface area contributed by atoms with Crippen molar-refractivity contribution in [3.8, 4) is 0 Å². The second kappa shape index (κ2) is 9.95. The smallest absolute Gasteiger partial charge is 0.397 e. The number of carbonyl (C=O) groups excluding carboxylic acids is 3. The summed E-state index contributed by atoms with van der Waals surface area (Å²) in [5.41, 5.74) is -0.0307. The largest absolute Gasteiger partial charge is 0.477 e. The van der Waals surface area contributed by atoms with E-state index >= 15 is 0 Å². The van der Waals surface area contributed by atoms with Crippen molar-refractivity contribution < 1.29 is 38.7 Å². The van der Waals surface area contributed by atoms with Gasteiger partial charge in [-0.05, 0) is 20.3 Å². The molecule has 2 fully saturated rings. The molecule has 0 aliphatic carbocycles. The molecule has 4 heterocycles. The fraction of sp³-hybridized carbons (Fsp3) is 0.619. The molecule has 1 aromatic rings. The highest BCUT2D eigenvalue weighted by molar-refractivity contribution is 8.03. The first-order valence-corrected chi connectivity index (χ1v) is 12.2. The van der Waals surface area contributed by atoms with E-state index in [9.17, 15) is 29.4 Å². The van der Waals surface area contributed by atoms with E-state index in [-0.39, 0.29) is 59.6 Å². The van der Waals surface area contributed by atoms with Gasteiger partial charge < -0.3 is 35.0 Å². The van der Waals surface area contributed by atoms with Gasteiger partial charge in [0.15, 0.2) is 5.82 Å². The molecule has 0 spiro atoms. The second-order valence-electron chi connectivity index (χ2n) is 8.66. The summed E-state index contributed by atoms with van der Waals surface area (Å²) in [7, 11) is 0. The summed E-state index contributed by atoms with van der Waals surface area (Å²) in [5, 5.41) is 29.1. The lowest BCUT2D eigenvalue weighted by Crippen LogP contribution is -2.63. The minimum Gasteiger partial charge on any atom is -0.477 e. The van der Waals surface area contributed by atoms with Crippen LogP contribution in [-0.4, -0.2) is 85.6 Å². The Hall–Kier alpha value is -2.97. The van der Waals surface area contributed by atoms with E-state index in [0.717, 1.165) is 0 Å². The molecule has 0 saturated carbocycles. The Morgan fingerprint density at radius 1 is 1.40 bits per heavy atom. The van der Waals surface area contributed by atoms with Crippen molar-refractivity contribution in [2.75, 3.05) is 13.2 Å². The number of aliphatic hydroxyl groups excluding tert-OH is 1. The normalized spacial score (nSPS) is 28.5. The number of aliphatic hydroxyl groups is 1. The average molecular weight is 510 g/mol. The second-order valence-corrected chi connectivity index (χ2v) is 10.0. The van der Waals surface area contributed by atoms with E-state index in [4.69, 9.17) is 9.26 Å². The molecule has 4 N–H and O–H groups in total. The third kappa shape index (κ3) is 4.65. The predicted octanol–water partition coefficient (Wildman–Crippen LogP) is -0.520. The van der Waals surface area contributed by atoms with Crippen LogP contribution in [0.5, 0.6) is 0 Å². The summed E-state index contributed by atoms with van der Waals surface area (Å²) in [6.07, 6.45) is -0.419. The topological polar surface area (TPSA) is 184 Å². The van der Waals surface area contributed by atoms with Gasteiger partial charge >= 0.3 is 17.8 Å². The molecule has 0 aromatic carbocycles. The Balaban J connectivity index is 1.34. The number of nitrogens with one attached hydrogen (secondary N) is 2. The number of esters is 1. The van der Waals surface area contributed by atoms with E-state index in [1.165, 1.54) is 23.6 Å². The maximum absolute atomic E-state index is 12.6. The zero-order valence-corrected chi connectivity index (χ0v) is 20.2. The molecule has 0 unspecified atom stereocenters. The van der Waals surface area contributed by atoms with Gasteiger partial charge in [-0.15, -0.1) is 11.8 Å². The molecule has 3 aliphatic heterocycles. The monoisotopic (exact) mass is 509 g/mol. The van der Waals surface area contributed by atoms with Gasteiger partial charge in [-0.1, -0.05) is 12.1 Å². The molecule has 6 atom stereocenters. The minimum atomic E-state index is -1.18. The van der Waals surface area contributed by atoms with Gasteiger partial charge in [0.1, 0.15) is 5.70 Å². The molecule has 35 heavy (non-hydrogen) atoms. The first-order valence-electron chi connectivity index (χ1n) is 11.3. The van der Waals surface area contributed by atoms with E-state index in [1.807, 2.05) is 6.92 Å². The van der Waals surface area contributed by atoms with Crippen LogP contribution in [0, 0.1) is 11.8 Å². The molecular weight excluding hydrogens is 482 g/mol. The number of nitrogens with zero attached hydrogens (tertiary/aromatic N) is 3. The zero-order valence-electron chi connectivity index (χ0n) is 19.4. The fourth-order valence-corrected chi connectivity index (χ4v) is 6.22. The van der Waals surface area contributed by atoms with Crippen LogP contribution < -0.4 is 10.6 Å². The number of aliphatic carboxylic acids is 1. The van der Waals surface area contributed by atoms with Gasteiger partial charge in [0.05, 0.1) is 37.3 Å². The van der Waals surface area contributed by atoms with Crippen LogP contribution in [0.2, 0.25) is 0 Å². The first-order chi connectivity index (χ1) is 16.6. The van der Waals surface area contributed by atoms with Crippen LogP contribution in [0.15, 0.2) is 15.1 Å². The SMILES string of the molecule is CCOC(=O)c1nc(CNC(=O)[C@@H]2C[C@H](SC3=C(C(=O)O)N4C(=O)[C@H]([C@@H](C)O)[C@H]4[C@H]3C)CN2)no1. The minimum absolute atomic E-state index is 0.0307. The Labute approximate surface area is 204 Å². The fourth-order valence-electron chi connectivity index (χ4n) is 4.74. The van der Waals surface area contributed by atoms with Crippen LogP contribution in [0.4, 0.5) is 0 Å². The molecule has 13 nitrogen and oxygen atoms in total. The van der Waals surface area contributed by atoms with Gasteiger partial charge in [-0.3, -0.25) is 9.59 Å². The third-order valence-corrected chi connectivity index (χ3v) is 7.86. The molecule has 14 heteroatoms. The lowest BCUT2D eigenvalue weighted by Gasteiger charge is -2.46. The molecule has 4 rings (SSSR count). The van der Waals surface area contributed by atoms with E-state index < -0.39 is 30.0 Å². The van der Waals surface area contributed by atoms with Gasteiger partial charge in [0.2, 0.25) is 11.8 Å². The highest BCUT2D eigenvalue weighted by Gasteiger charge is 2.60. The summed E-state index contributed by atoms with van der Waals surface area (Å²) >= 11 is 1.36. The lowest BCUT2D eigenvalue weighted by molar-refractivity contribution is -0.163. The molecular formula is C21H27N5O8S. The van der Waals surface area contributed by atoms with Crippen LogP contribution in [0.3, 0.4) is 0 Å². The van der Waals surface area contributed by atoms with Crippen molar-refractivity contribution in [1.82, 2.24) is 25.7 Å². The summed E-state index contributed by atoms with van der Waals surface area (Å²) in [4.78, 5) is 54.4. The average Bonchev–Trinajstić information content (AvgIpc) is 3.51. The Bertz CT molecular complexity index is 1070. The number of amides is 2. The van der Waals surface area contributed by atoms with Gasteiger partial charge in [-0.25, -0.2) is 9.59 Å². The number of hydrogen-bond acceptors (Lipinski definition) is 11. The molecule has 1 aromatic heterocycles. The molecule has 190 valence electrons. The number of β-lactam (4-membered cyclic amide) rings is 1. The predicted molar refractivity (Wildman–Crippen MR) is 120 cm³/mol. The van der Waals surface area contributed by atoms with Crippen LogP contribution in [0.1, 0.15) is 43.7 Å². The summed E-state index contributed by atoms with van der Waals surface area (Å²) in [5.74, 6) is -3.60. The van der Waals surface area contributed by atoms with Crippen LogP contribution in [-0.2, 0) is 25.7 Å². The number of carboxylic acids is 1. The molecule has 0 radical (unpaired) electrons. The maximum Gasteiger partial charge on any atom is 0.397 e. The number of carbonyl (C=O) groups is 4. The van der Waals surface area contributed by atoms with E-state index in [0.29, 0.717) is 17.9 Å². The number of thioether (sulfide) groups is 1. The number of ether oxygens (including phenoxy) is 1. The quantitative estimate of drug-likeness (QED) is 0.247. The Morgan fingerprint density at radius 3 is 2.80 bits per heavy atom. The van der Waals surface area contributed by atoms with E-state index in [2.05, 4.69) is 20.8 Å². The van der Waals surface area contributed by atoms with E-state index in [1.54, 1.807) is 6.92 Å². The maximum atomic E-state index is 12.6. The zero-order chi connectivity index (χ0) is 25.4. The summed E-state index contributed by atoms with van der Waals surface area (Å²) in [6, 6.07) is -0.891. The van der Waals surface area contributed by atoms with Crippen molar-refractivity contribution in [3.05, 3.63) is 22.3 Å². The molecule has 2 amide bonds. The van der Waals surface area contributed by atoms with Gasteiger partial charge in [0, 0.05) is 22.6 Å². The van der Waals surface area contributed by atoms with Gasteiger partial charge in [0.25, 0.3) is 0 Å². The number of rotatable bonds is 9. The highest BCUT2D eigenvalue weighted by atomic mass is 32.2. The summed E-state index contributed by atoms with van der Waals surface area (Å²) < 4.78 is 9.59. The molecule has 2 saturated heterocycles. The lowest BCUT2D eigenvalue weighted by atomic mass is 9.79. The van der Waals surface area contributed by atoms with Crippen LogP contribution in [0.25, 0.3) is 0 Å². The Kier molecular flexibility index (Phi) is 7.15. The Morgan fingerprint density at radius 2 is 2.14 bits per heavy atom. The van der Waals surface area contributed by atoms with Crippen molar-refractivity contribution >= 4 is 35.5 Å². The van der Waals surface area contributed by atoms with Crippen molar-refractivity contribution in [2.24, 2.45) is 11.8 Å². The first kappa shape index (κ1) is 25.1. The van der Waals surface area contributed by atoms with Crippen LogP contribution >= 0.6 is 11.8 Å². The van der Waals surface area contributed by atoms with Crippen molar-refractivity contribution in [3.63, 3.8) is 0 Å². The number of fused-ring (bicyclic) bond motifs is 1. The standard InChI is InChI=1S/C21H27N5O8S/c1-4-33-21(32)18-24-12(25-34-18)7-23-17(28)11-5-10(6-22-11)35-16-8(2)14-13(9(3)27)19(29)26(14)15(16)20(30)31/h8-11,13-14,22,27H,4-7H2,1-3H3,(H,23,28)(H,30,31)/t8-,9-,10+,11+,13-,14-/m1/s1. The van der Waals surface area contributed by atoms with Crippen molar-refractivity contribution in [1.29, 1.82) is 0 Å². The molecule has 3 aliphatic rings.